The third-order valence-corrected chi connectivity index (χ3v) is 3.87. The standard InChI is InChI=1S/C19H25N3O.2ClH/c1-3-22(17-11-7-8-15(2)14-17)13-12-21-19(23)18(20)16-9-5-4-6-10-16;;/h4-11,14,18H,3,12-13,20H2,1-2H3,(H,21,23);2*1H. The van der Waals surface area contributed by atoms with E-state index >= 15 is 0 Å². The number of likely N-dealkylation sites (N-methyl/N-ethyl adjacent to an activating group) is 1. The van der Waals surface area contributed by atoms with Crippen LogP contribution in [0.25, 0.3) is 0 Å². The largest absolute Gasteiger partial charge is 0.370 e. The van der Waals surface area contributed by atoms with Crippen LogP contribution in [0.5, 0.6) is 0 Å². The second-order valence-corrected chi connectivity index (χ2v) is 5.60. The topological polar surface area (TPSA) is 58.4 Å². The molecule has 1 unspecified atom stereocenters. The van der Waals surface area contributed by atoms with E-state index in [-0.39, 0.29) is 30.7 Å². The van der Waals surface area contributed by atoms with Gasteiger partial charge in [-0.2, -0.15) is 0 Å². The van der Waals surface area contributed by atoms with Crippen LogP contribution in [0.4, 0.5) is 5.69 Å². The van der Waals surface area contributed by atoms with Crippen molar-refractivity contribution in [2.24, 2.45) is 5.73 Å². The first-order valence-electron chi connectivity index (χ1n) is 8.01. The molecule has 0 aromatic heterocycles. The summed E-state index contributed by atoms with van der Waals surface area (Å²) in [7, 11) is 0. The van der Waals surface area contributed by atoms with Gasteiger partial charge in [-0.05, 0) is 37.1 Å². The third-order valence-electron chi connectivity index (χ3n) is 3.87. The predicted molar refractivity (Wildman–Crippen MR) is 110 cm³/mol. The zero-order chi connectivity index (χ0) is 16.7. The molecule has 0 saturated carbocycles. The number of hydrogen-bond donors (Lipinski definition) is 2. The van der Waals surface area contributed by atoms with Crippen molar-refractivity contribution in [3.8, 4) is 0 Å². The monoisotopic (exact) mass is 383 g/mol. The van der Waals surface area contributed by atoms with Gasteiger partial charge in [-0.3, -0.25) is 4.79 Å². The van der Waals surface area contributed by atoms with Gasteiger partial charge in [0, 0.05) is 25.3 Å². The van der Waals surface area contributed by atoms with Crippen LogP contribution in [0, 0.1) is 6.92 Å². The van der Waals surface area contributed by atoms with Gasteiger partial charge in [-0.15, -0.1) is 24.8 Å². The predicted octanol–water partition coefficient (Wildman–Crippen LogP) is 3.48. The van der Waals surface area contributed by atoms with E-state index < -0.39 is 6.04 Å². The zero-order valence-corrected chi connectivity index (χ0v) is 16.3. The Hall–Kier alpha value is -1.75. The number of nitrogens with one attached hydrogen (secondary N) is 1. The Balaban J connectivity index is 0.00000288. The van der Waals surface area contributed by atoms with Crippen LogP contribution in [-0.2, 0) is 4.79 Å². The SMILES string of the molecule is CCN(CCNC(=O)C(N)c1ccccc1)c1cccc(C)c1.Cl.Cl. The number of amides is 1. The van der Waals surface area contributed by atoms with Gasteiger partial charge in [-0.1, -0.05) is 42.5 Å². The van der Waals surface area contributed by atoms with Crippen molar-refractivity contribution in [1.82, 2.24) is 5.32 Å². The van der Waals surface area contributed by atoms with Crippen LogP contribution in [0.2, 0.25) is 0 Å². The lowest BCUT2D eigenvalue weighted by Gasteiger charge is -2.24. The highest BCUT2D eigenvalue weighted by Crippen LogP contribution is 2.15. The molecule has 138 valence electrons. The van der Waals surface area contributed by atoms with Crippen LogP contribution < -0.4 is 16.0 Å². The van der Waals surface area contributed by atoms with E-state index in [9.17, 15) is 4.79 Å². The number of anilines is 1. The van der Waals surface area contributed by atoms with Crippen molar-refractivity contribution >= 4 is 36.4 Å². The summed E-state index contributed by atoms with van der Waals surface area (Å²) in [5, 5.41) is 2.92. The van der Waals surface area contributed by atoms with Crippen LogP contribution in [0.15, 0.2) is 54.6 Å². The Morgan fingerprint density at radius 2 is 1.80 bits per heavy atom. The van der Waals surface area contributed by atoms with Crippen LogP contribution in [0.1, 0.15) is 24.1 Å². The van der Waals surface area contributed by atoms with Crippen molar-refractivity contribution in [2.75, 3.05) is 24.5 Å². The molecule has 25 heavy (non-hydrogen) atoms. The van der Waals surface area contributed by atoms with E-state index in [0.717, 1.165) is 18.7 Å². The van der Waals surface area contributed by atoms with E-state index in [1.807, 2.05) is 30.3 Å². The fourth-order valence-electron chi connectivity index (χ4n) is 2.53. The molecule has 0 bridgehead atoms. The fourth-order valence-corrected chi connectivity index (χ4v) is 2.53. The molecular weight excluding hydrogens is 357 g/mol. The number of benzene rings is 2. The summed E-state index contributed by atoms with van der Waals surface area (Å²) in [4.78, 5) is 14.4. The van der Waals surface area contributed by atoms with Crippen molar-refractivity contribution in [1.29, 1.82) is 0 Å². The molecule has 4 nitrogen and oxygen atoms in total. The van der Waals surface area contributed by atoms with E-state index in [2.05, 4.69) is 48.3 Å². The second kappa shape index (κ2) is 11.7. The number of nitrogens with two attached hydrogens (primary N) is 1. The maximum Gasteiger partial charge on any atom is 0.241 e. The number of hydrogen-bond acceptors (Lipinski definition) is 3. The van der Waals surface area contributed by atoms with E-state index in [4.69, 9.17) is 5.73 Å². The smallest absolute Gasteiger partial charge is 0.241 e. The normalized spacial score (nSPS) is 10.8. The van der Waals surface area contributed by atoms with Gasteiger partial charge in [0.15, 0.2) is 0 Å². The molecule has 1 amide bonds. The number of halogens is 2. The molecule has 2 aromatic rings. The molecule has 2 aromatic carbocycles. The summed E-state index contributed by atoms with van der Waals surface area (Å²) in [5.74, 6) is -0.142. The Morgan fingerprint density at radius 1 is 1.12 bits per heavy atom. The summed E-state index contributed by atoms with van der Waals surface area (Å²) >= 11 is 0. The van der Waals surface area contributed by atoms with Crippen LogP contribution >= 0.6 is 24.8 Å². The maximum atomic E-state index is 12.1. The maximum absolute atomic E-state index is 12.1. The summed E-state index contributed by atoms with van der Waals surface area (Å²) in [5.41, 5.74) is 9.23. The highest BCUT2D eigenvalue weighted by Gasteiger charge is 2.15. The number of carbonyl (C=O) groups excluding carboxylic acids is 1. The Morgan fingerprint density at radius 3 is 2.40 bits per heavy atom. The van der Waals surface area contributed by atoms with Gasteiger partial charge in [-0.25, -0.2) is 0 Å². The molecule has 0 aliphatic carbocycles. The first-order valence-corrected chi connectivity index (χ1v) is 8.01. The van der Waals surface area contributed by atoms with Crippen molar-refractivity contribution in [2.45, 2.75) is 19.9 Å². The molecular formula is C19H27Cl2N3O. The average molecular weight is 384 g/mol. The van der Waals surface area contributed by atoms with Crippen LogP contribution in [0.3, 0.4) is 0 Å². The van der Waals surface area contributed by atoms with E-state index in [1.54, 1.807) is 0 Å². The second-order valence-electron chi connectivity index (χ2n) is 5.60. The molecule has 0 aliphatic rings. The molecule has 0 heterocycles. The van der Waals surface area contributed by atoms with E-state index in [1.165, 1.54) is 11.3 Å². The van der Waals surface area contributed by atoms with Gasteiger partial charge in [0.05, 0.1) is 0 Å². The Labute approximate surface area is 162 Å². The number of rotatable bonds is 7. The van der Waals surface area contributed by atoms with Gasteiger partial charge in [0.2, 0.25) is 5.91 Å². The van der Waals surface area contributed by atoms with Gasteiger partial charge in [0.1, 0.15) is 6.04 Å². The molecule has 3 N–H and O–H groups in total. The van der Waals surface area contributed by atoms with Gasteiger partial charge >= 0.3 is 0 Å². The minimum Gasteiger partial charge on any atom is -0.370 e. The molecule has 1 atom stereocenters. The van der Waals surface area contributed by atoms with Crippen molar-refractivity contribution in [3.05, 3.63) is 65.7 Å². The van der Waals surface area contributed by atoms with Gasteiger partial charge in [0.25, 0.3) is 0 Å². The van der Waals surface area contributed by atoms with Crippen LogP contribution in [-0.4, -0.2) is 25.5 Å². The number of nitrogens with zero attached hydrogens (tertiary/aromatic N) is 1. The van der Waals surface area contributed by atoms with Crippen molar-refractivity contribution < 1.29 is 4.79 Å². The van der Waals surface area contributed by atoms with Gasteiger partial charge < -0.3 is 16.0 Å². The number of aryl methyl sites for hydroxylation is 1. The minimum atomic E-state index is -0.620. The first-order chi connectivity index (χ1) is 11.1. The highest BCUT2D eigenvalue weighted by molar-refractivity contribution is 5.85. The molecule has 0 aliphatic heterocycles. The Kier molecular flexibility index (Phi) is 10.9. The zero-order valence-electron chi connectivity index (χ0n) is 14.6. The summed E-state index contributed by atoms with van der Waals surface area (Å²) < 4.78 is 0. The summed E-state index contributed by atoms with van der Waals surface area (Å²) in [6, 6.07) is 17.2. The summed E-state index contributed by atoms with van der Waals surface area (Å²) in [6.45, 7) is 6.41. The van der Waals surface area contributed by atoms with Crippen molar-refractivity contribution in [3.63, 3.8) is 0 Å². The third kappa shape index (κ3) is 6.94. The molecule has 0 fully saturated rings. The molecule has 6 heteroatoms. The first kappa shape index (κ1) is 23.2. The Bertz CT molecular complexity index is 638. The lowest BCUT2D eigenvalue weighted by Crippen LogP contribution is -2.39. The molecule has 0 radical (unpaired) electrons. The molecule has 0 spiro atoms. The quantitative estimate of drug-likeness (QED) is 0.769. The average Bonchev–Trinajstić information content (AvgIpc) is 2.58. The molecule has 0 saturated heterocycles. The molecule has 2 rings (SSSR count). The lowest BCUT2D eigenvalue weighted by atomic mass is 10.1. The number of carbonyl (C=O) groups is 1. The minimum absolute atomic E-state index is 0. The highest BCUT2D eigenvalue weighted by atomic mass is 35.5. The lowest BCUT2D eigenvalue weighted by molar-refractivity contribution is -0.122. The fraction of sp³-hybridized carbons (Fsp3) is 0.316. The summed E-state index contributed by atoms with van der Waals surface area (Å²) in [6.07, 6.45) is 0. The van der Waals surface area contributed by atoms with E-state index in [0.29, 0.717) is 6.54 Å².